The van der Waals surface area contributed by atoms with Crippen molar-refractivity contribution in [2.75, 3.05) is 47.0 Å². The van der Waals surface area contributed by atoms with Gasteiger partial charge in [0.1, 0.15) is 0 Å². The van der Waals surface area contributed by atoms with Gasteiger partial charge in [-0.05, 0) is 40.3 Å². The van der Waals surface area contributed by atoms with Crippen molar-refractivity contribution in [2.24, 2.45) is 16.3 Å². The predicted octanol–water partition coefficient (Wildman–Crippen LogP) is 2.08. The average molecular weight is 480 g/mol. The molecule has 2 N–H and O–H groups in total. The summed E-state index contributed by atoms with van der Waals surface area (Å²) in [6, 6.07) is 0.433. The summed E-state index contributed by atoms with van der Waals surface area (Å²) in [5, 5.41) is 7.16. The van der Waals surface area contributed by atoms with Gasteiger partial charge in [0, 0.05) is 49.3 Å². The van der Waals surface area contributed by atoms with Crippen molar-refractivity contribution in [3.63, 3.8) is 0 Å². The molecule has 0 aromatic rings. The molecule has 6 nitrogen and oxygen atoms in total. The van der Waals surface area contributed by atoms with Gasteiger partial charge in [0.05, 0.1) is 12.6 Å². The molecule has 26 heavy (non-hydrogen) atoms. The highest BCUT2D eigenvalue weighted by Crippen LogP contribution is 2.52. The number of rotatable bonds is 5. The van der Waals surface area contributed by atoms with Crippen LogP contribution in [0.4, 0.5) is 0 Å². The van der Waals surface area contributed by atoms with Crippen molar-refractivity contribution in [2.45, 2.75) is 57.7 Å². The zero-order valence-electron chi connectivity index (χ0n) is 17.0. The Bertz CT molecular complexity index is 492. The lowest BCUT2D eigenvalue weighted by atomic mass is 9.57. The molecule has 1 aliphatic carbocycles. The van der Waals surface area contributed by atoms with Gasteiger partial charge in [-0.1, -0.05) is 13.8 Å². The summed E-state index contributed by atoms with van der Waals surface area (Å²) in [4.78, 5) is 7.32. The van der Waals surface area contributed by atoms with Crippen LogP contribution in [0.1, 0.15) is 40.0 Å². The molecule has 3 rings (SSSR count). The van der Waals surface area contributed by atoms with E-state index >= 15 is 0 Å². The Morgan fingerprint density at radius 3 is 2.50 bits per heavy atom. The van der Waals surface area contributed by atoms with Crippen molar-refractivity contribution >= 4 is 29.9 Å². The zero-order valence-corrected chi connectivity index (χ0v) is 19.3. The molecule has 7 heteroatoms. The van der Waals surface area contributed by atoms with Gasteiger partial charge in [-0.2, -0.15) is 0 Å². The Morgan fingerprint density at radius 2 is 1.88 bits per heavy atom. The molecule has 0 spiro atoms. The largest absolute Gasteiger partial charge is 0.381 e. The predicted molar refractivity (Wildman–Crippen MR) is 116 cm³/mol. The quantitative estimate of drug-likeness (QED) is 0.359. The van der Waals surface area contributed by atoms with Crippen molar-refractivity contribution < 1.29 is 9.47 Å². The first-order valence-corrected chi connectivity index (χ1v) is 9.82. The molecule has 3 aliphatic rings. The molecule has 0 aromatic carbocycles. The van der Waals surface area contributed by atoms with Crippen LogP contribution in [0.15, 0.2) is 4.99 Å². The molecule has 3 atom stereocenters. The van der Waals surface area contributed by atoms with Gasteiger partial charge in [0.15, 0.2) is 5.96 Å². The van der Waals surface area contributed by atoms with Crippen molar-refractivity contribution in [3.8, 4) is 0 Å². The monoisotopic (exact) mass is 480 g/mol. The molecule has 152 valence electrons. The molecular formula is C19H37IN4O2. The number of hydrogen-bond acceptors (Lipinski definition) is 4. The summed E-state index contributed by atoms with van der Waals surface area (Å²) in [5.41, 5.74) is 0.268. The Hall–Kier alpha value is -0.120. The highest BCUT2D eigenvalue weighted by Gasteiger charge is 2.59. The first kappa shape index (κ1) is 22.2. The second-order valence-corrected chi connectivity index (χ2v) is 8.61. The number of nitrogens with one attached hydrogen (secondary N) is 2. The molecular weight excluding hydrogens is 443 g/mol. The van der Waals surface area contributed by atoms with E-state index in [1.807, 2.05) is 0 Å². The first-order chi connectivity index (χ1) is 11.9. The number of nitrogens with zero attached hydrogens (tertiary/aromatic N) is 2. The van der Waals surface area contributed by atoms with Crippen LogP contribution in [0.5, 0.6) is 0 Å². The maximum atomic E-state index is 5.92. The van der Waals surface area contributed by atoms with Gasteiger partial charge in [-0.25, -0.2) is 0 Å². The van der Waals surface area contributed by atoms with E-state index in [2.05, 4.69) is 50.4 Å². The van der Waals surface area contributed by atoms with E-state index in [9.17, 15) is 0 Å². The third-order valence-electron chi connectivity index (χ3n) is 6.64. The molecule has 3 fully saturated rings. The van der Waals surface area contributed by atoms with Crippen LogP contribution in [0.25, 0.3) is 0 Å². The molecule has 0 amide bonds. The van der Waals surface area contributed by atoms with Gasteiger partial charge < -0.3 is 25.0 Å². The highest BCUT2D eigenvalue weighted by atomic mass is 127. The average Bonchev–Trinajstić information content (AvgIpc) is 3.05. The van der Waals surface area contributed by atoms with Crippen LogP contribution < -0.4 is 10.6 Å². The molecule has 0 aromatic heterocycles. The number of likely N-dealkylation sites (N-methyl/N-ethyl adjacent to an activating group) is 1. The van der Waals surface area contributed by atoms with Gasteiger partial charge >= 0.3 is 0 Å². The molecule has 0 bridgehead atoms. The van der Waals surface area contributed by atoms with Gasteiger partial charge in [-0.3, -0.25) is 4.99 Å². The Balaban J connectivity index is 0.00000243. The van der Waals surface area contributed by atoms with Crippen LogP contribution in [-0.4, -0.2) is 75.5 Å². The standard InChI is InChI=1S/C19H36N4O2.HI/c1-6-20-17(21-13-19(23(4)5)8-11-24-12-9-19)22-15-14-7-10-25-16(14)18(15,2)3;/h14-16H,6-13H2,1-5H3,(H2,20,21,22);1H. The third kappa shape index (κ3) is 4.15. The number of hydrogen-bond donors (Lipinski definition) is 2. The molecule has 2 aliphatic heterocycles. The Morgan fingerprint density at radius 1 is 1.19 bits per heavy atom. The summed E-state index contributed by atoms with van der Waals surface area (Å²) in [6.45, 7) is 11.0. The van der Waals surface area contributed by atoms with Crippen LogP contribution in [-0.2, 0) is 9.47 Å². The summed E-state index contributed by atoms with van der Waals surface area (Å²) >= 11 is 0. The number of guanidine groups is 1. The molecule has 2 saturated heterocycles. The molecule has 0 radical (unpaired) electrons. The van der Waals surface area contributed by atoms with Crippen LogP contribution >= 0.6 is 24.0 Å². The van der Waals surface area contributed by atoms with Crippen LogP contribution in [0.3, 0.4) is 0 Å². The van der Waals surface area contributed by atoms with E-state index in [0.29, 0.717) is 18.1 Å². The van der Waals surface area contributed by atoms with Gasteiger partial charge in [-0.15, -0.1) is 24.0 Å². The zero-order chi connectivity index (χ0) is 18.1. The fourth-order valence-electron chi connectivity index (χ4n) is 4.81. The third-order valence-corrected chi connectivity index (χ3v) is 6.64. The maximum absolute atomic E-state index is 5.92. The minimum atomic E-state index is 0. The van der Waals surface area contributed by atoms with Crippen LogP contribution in [0.2, 0.25) is 0 Å². The first-order valence-electron chi connectivity index (χ1n) is 9.82. The minimum Gasteiger partial charge on any atom is -0.381 e. The second kappa shape index (κ2) is 8.92. The lowest BCUT2D eigenvalue weighted by Gasteiger charge is -2.55. The Labute approximate surface area is 175 Å². The summed E-state index contributed by atoms with van der Waals surface area (Å²) in [7, 11) is 4.33. The smallest absolute Gasteiger partial charge is 0.191 e. The second-order valence-electron chi connectivity index (χ2n) is 8.61. The van der Waals surface area contributed by atoms with E-state index in [1.165, 1.54) is 0 Å². The van der Waals surface area contributed by atoms with Crippen LogP contribution in [0, 0.1) is 11.3 Å². The molecule has 2 heterocycles. The normalized spacial score (nSPS) is 32.4. The van der Waals surface area contributed by atoms with E-state index < -0.39 is 0 Å². The van der Waals surface area contributed by atoms with E-state index in [0.717, 1.165) is 58.1 Å². The maximum Gasteiger partial charge on any atom is 0.191 e. The Kier molecular flexibility index (Phi) is 7.61. The van der Waals surface area contributed by atoms with Gasteiger partial charge in [0.2, 0.25) is 0 Å². The summed E-state index contributed by atoms with van der Waals surface area (Å²) in [6.07, 6.45) is 3.63. The number of fused-ring (bicyclic) bond motifs is 1. The lowest BCUT2D eigenvalue weighted by molar-refractivity contribution is -0.106. The summed E-state index contributed by atoms with van der Waals surface area (Å²) < 4.78 is 11.5. The molecule has 1 saturated carbocycles. The number of ether oxygens (including phenoxy) is 2. The van der Waals surface area contributed by atoms with Gasteiger partial charge in [0.25, 0.3) is 0 Å². The van der Waals surface area contributed by atoms with E-state index in [4.69, 9.17) is 14.5 Å². The van der Waals surface area contributed by atoms with Crippen molar-refractivity contribution in [3.05, 3.63) is 0 Å². The van der Waals surface area contributed by atoms with E-state index in [1.54, 1.807) is 0 Å². The summed E-state index contributed by atoms with van der Waals surface area (Å²) in [5.74, 6) is 1.56. The number of aliphatic imine (C=N–C) groups is 1. The number of halogens is 1. The van der Waals surface area contributed by atoms with Crippen molar-refractivity contribution in [1.82, 2.24) is 15.5 Å². The fraction of sp³-hybridized carbons (Fsp3) is 0.947. The SMILES string of the molecule is CCNC(=NCC1(N(C)C)CCOCC1)NC1C2CCOC2C1(C)C.I. The topological polar surface area (TPSA) is 58.1 Å². The molecule has 3 unspecified atom stereocenters. The highest BCUT2D eigenvalue weighted by molar-refractivity contribution is 14.0. The minimum absolute atomic E-state index is 0. The van der Waals surface area contributed by atoms with Crippen molar-refractivity contribution in [1.29, 1.82) is 0 Å². The van der Waals surface area contributed by atoms with E-state index in [-0.39, 0.29) is 34.9 Å². The fourth-order valence-corrected chi connectivity index (χ4v) is 4.81. The lowest BCUT2D eigenvalue weighted by Crippen LogP contribution is -2.68.